The highest BCUT2D eigenvalue weighted by Crippen LogP contribution is 2.03. The van der Waals surface area contributed by atoms with Crippen molar-refractivity contribution in [1.82, 2.24) is 5.32 Å². The molecule has 3 nitrogen and oxygen atoms in total. The van der Waals surface area contributed by atoms with Crippen molar-refractivity contribution in [2.24, 2.45) is 0 Å². The van der Waals surface area contributed by atoms with Gasteiger partial charge in [0.1, 0.15) is 0 Å². The van der Waals surface area contributed by atoms with Crippen molar-refractivity contribution in [2.75, 3.05) is 26.8 Å². The van der Waals surface area contributed by atoms with E-state index in [1.165, 1.54) is 5.56 Å². The van der Waals surface area contributed by atoms with Crippen LogP contribution in [-0.4, -0.2) is 32.6 Å². The Kier molecular flexibility index (Phi) is 5.01. The van der Waals surface area contributed by atoms with Crippen molar-refractivity contribution >= 4 is 5.78 Å². The molecule has 0 spiro atoms. The second-order valence-corrected chi connectivity index (χ2v) is 3.46. The molecule has 0 saturated carbocycles. The maximum atomic E-state index is 11.6. The molecule has 0 amide bonds. The summed E-state index contributed by atoms with van der Waals surface area (Å²) in [5.74, 6) is 0.117. The summed E-state index contributed by atoms with van der Waals surface area (Å²) in [6.45, 7) is 3.70. The molecule has 0 heterocycles. The van der Waals surface area contributed by atoms with Gasteiger partial charge in [-0.2, -0.15) is 0 Å². The number of rotatable bonds is 6. The van der Waals surface area contributed by atoms with Gasteiger partial charge < -0.3 is 10.1 Å². The fourth-order valence-corrected chi connectivity index (χ4v) is 1.22. The van der Waals surface area contributed by atoms with E-state index in [-0.39, 0.29) is 5.78 Å². The van der Waals surface area contributed by atoms with Crippen molar-refractivity contribution in [3.63, 3.8) is 0 Å². The standard InChI is InChI=1S/C12H17NO2/c1-10-3-5-11(6-4-10)12(14)9-13-7-8-15-2/h3-6,13H,7-9H2,1-2H3. The van der Waals surface area contributed by atoms with E-state index in [1.54, 1.807) is 7.11 Å². The second-order valence-electron chi connectivity index (χ2n) is 3.46. The molecule has 0 aliphatic carbocycles. The first-order chi connectivity index (χ1) is 7.24. The molecule has 0 bridgehead atoms. The average Bonchev–Trinajstić information content (AvgIpc) is 2.25. The summed E-state index contributed by atoms with van der Waals surface area (Å²) in [5.41, 5.74) is 1.92. The number of carbonyl (C=O) groups excluding carboxylic acids is 1. The van der Waals surface area contributed by atoms with Crippen molar-refractivity contribution in [2.45, 2.75) is 6.92 Å². The molecule has 1 N–H and O–H groups in total. The van der Waals surface area contributed by atoms with Crippen molar-refractivity contribution in [3.05, 3.63) is 35.4 Å². The van der Waals surface area contributed by atoms with Gasteiger partial charge in [-0.1, -0.05) is 29.8 Å². The molecule has 0 atom stereocenters. The topological polar surface area (TPSA) is 38.3 Å². The minimum Gasteiger partial charge on any atom is -0.383 e. The molecule has 0 aliphatic rings. The van der Waals surface area contributed by atoms with E-state index in [1.807, 2.05) is 31.2 Å². The fourth-order valence-electron chi connectivity index (χ4n) is 1.22. The fraction of sp³-hybridized carbons (Fsp3) is 0.417. The molecular formula is C12H17NO2. The first-order valence-corrected chi connectivity index (χ1v) is 5.03. The van der Waals surface area contributed by atoms with Crippen LogP contribution in [0, 0.1) is 6.92 Å². The molecule has 1 aromatic rings. The van der Waals surface area contributed by atoms with Gasteiger partial charge in [-0.15, -0.1) is 0 Å². The maximum Gasteiger partial charge on any atom is 0.176 e. The number of carbonyl (C=O) groups is 1. The number of ketones is 1. The summed E-state index contributed by atoms with van der Waals surface area (Å²) < 4.78 is 4.87. The molecule has 82 valence electrons. The van der Waals surface area contributed by atoms with Crippen LogP contribution in [0.5, 0.6) is 0 Å². The summed E-state index contributed by atoms with van der Waals surface area (Å²) in [4.78, 5) is 11.6. The highest BCUT2D eigenvalue weighted by molar-refractivity contribution is 5.97. The zero-order chi connectivity index (χ0) is 11.1. The highest BCUT2D eigenvalue weighted by Gasteiger charge is 2.03. The molecule has 15 heavy (non-hydrogen) atoms. The van der Waals surface area contributed by atoms with Gasteiger partial charge in [0, 0.05) is 19.2 Å². The zero-order valence-corrected chi connectivity index (χ0v) is 9.25. The Labute approximate surface area is 90.4 Å². The number of hydrogen-bond donors (Lipinski definition) is 1. The third kappa shape index (κ3) is 4.23. The number of methoxy groups -OCH3 is 1. The summed E-state index contributed by atoms with van der Waals surface area (Å²) in [6, 6.07) is 7.61. The van der Waals surface area contributed by atoms with Crippen molar-refractivity contribution in [1.29, 1.82) is 0 Å². The summed E-state index contributed by atoms with van der Waals surface area (Å²) >= 11 is 0. The van der Waals surface area contributed by atoms with Gasteiger partial charge in [0.25, 0.3) is 0 Å². The second kappa shape index (κ2) is 6.32. The smallest absolute Gasteiger partial charge is 0.176 e. The van der Waals surface area contributed by atoms with Crippen LogP contribution in [0.1, 0.15) is 15.9 Å². The van der Waals surface area contributed by atoms with Gasteiger partial charge in [-0.05, 0) is 6.92 Å². The minimum atomic E-state index is 0.117. The van der Waals surface area contributed by atoms with Gasteiger partial charge in [-0.25, -0.2) is 0 Å². The lowest BCUT2D eigenvalue weighted by Crippen LogP contribution is -2.26. The Morgan fingerprint density at radius 3 is 2.60 bits per heavy atom. The number of aryl methyl sites for hydroxylation is 1. The molecule has 0 fully saturated rings. The Morgan fingerprint density at radius 1 is 1.33 bits per heavy atom. The van der Waals surface area contributed by atoms with Gasteiger partial charge in [-0.3, -0.25) is 4.79 Å². The summed E-state index contributed by atoms with van der Waals surface area (Å²) in [7, 11) is 1.64. The quantitative estimate of drug-likeness (QED) is 0.566. The van der Waals surface area contributed by atoms with E-state index in [2.05, 4.69) is 5.32 Å². The molecule has 3 heteroatoms. The lowest BCUT2D eigenvalue weighted by atomic mass is 10.1. The predicted octanol–water partition coefficient (Wildman–Crippen LogP) is 1.41. The number of ether oxygens (including phenoxy) is 1. The van der Waals surface area contributed by atoms with E-state index >= 15 is 0 Å². The third-order valence-corrected chi connectivity index (χ3v) is 2.14. The lowest BCUT2D eigenvalue weighted by molar-refractivity contribution is 0.0987. The third-order valence-electron chi connectivity index (χ3n) is 2.14. The lowest BCUT2D eigenvalue weighted by Gasteiger charge is -2.03. The first-order valence-electron chi connectivity index (χ1n) is 5.03. The predicted molar refractivity (Wildman–Crippen MR) is 60.3 cm³/mol. The van der Waals surface area contributed by atoms with Crippen LogP contribution < -0.4 is 5.32 Å². The summed E-state index contributed by atoms with van der Waals surface area (Å²) in [6.07, 6.45) is 0. The first kappa shape index (κ1) is 11.9. The van der Waals surface area contributed by atoms with E-state index < -0.39 is 0 Å². The molecular weight excluding hydrogens is 190 g/mol. The zero-order valence-electron chi connectivity index (χ0n) is 9.25. The Balaban J connectivity index is 2.37. The SMILES string of the molecule is COCCNCC(=O)c1ccc(C)cc1. The largest absolute Gasteiger partial charge is 0.383 e. The van der Waals surface area contributed by atoms with Gasteiger partial charge in [0.2, 0.25) is 0 Å². The molecule has 0 saturated heterocycles. The summed E-state index contributed by atoms with van der Waals surface area (Å²) in [5, 5.41) is 3.02. The van der Waals surface area contributed by atoms with Gasteiger partial charge in [0.15, 0.2) is 5.78 Å². The van der Waals surface area contributed by atoms with Crippen LogP contribution in [-0.2, 0) is 4.74 Å². The van der Waals surface area contributed by atoms with Crippen LogP contribution in [0.3, 0.4) is 0 Å². The number of nitrogens with one attached hydrogen (secondary N) is 1. The molecule has 0 aliphatic heterocycles. The highest BCUT2D eigenvalue weighted by atomic mass is 16.5. The molecule has 0 aromatic heterocycles. The van der Waals surface area contributed by atoms with Crippen LogP contribution in [0.2, 0.25) is 0 Å². The number of benzene rings is 1. The van der Waals surface area contributed by atoms with Gasteiger partial charge in [0.05, 0.1) is 13.2 Å². The van der Waals surface area contributed by atoms with E-state index in [0.717, 1.165) is 5.56 Å². The van der Waals surface area contributed by atoms with Crippen molar-refractivity contribution < 1.29 is 9.53 Å². The molecule has 1 rings (SSSR count). The van der Waals surface area contributed by atoms with E-state index in [0.29, 0.717) is 19.7 Å². The molecule has 0 unspecified atom stereocenters. The monoisotopic (exact) mass is 207 g/mol. The van der Waals surface area contributed by atoms with E-state index in [9.17, 15) is 4.79 Å². The maximum absolute atomic E-state index is 11.6. The molecule has 1 aromatic carbocycles. The Hall–Kier alpha value is -1.19. The average molecular weight is 207 g/mol. The minimum absolute atomic E-state index is 0.117. The number of hydrogen-bond acceptors (Lipinski definition) is 3. The van der Waals surface area contributed by atoms with Gasteiger partial charge >= 0.3 is 0 Å². The van der Waals surface area contributed by atoms with Crippen LogP contribution in [0.15, 0.2) is 24.3 Å². The molecule has 0 radical (unpaired) electrons. The number of Topliss-reactive ketones (excluding diaryl/α,β-unsaturated/α-hetero) is 1. The van der Waals surface area contributed by atoms with E-state index in [4.69, 9.17) is 4.74 Å². The van der Waals surface area contributed by atoms with Crippen LogP contribution in [0.4, 0.5) is 0 Å². The Morgan fingerprint density at radius 2 is 2.00 bits per heavy atom. The van der Waals surface area contributed by atoms with Crippen LogP contribution in [0.25, 0.3) is 0 Å². The normalized spacial score (nSPS) is 10.3. The van der Waals surface area contributed by atoms with Crippen molar-refractivity contribution in [3.8, 4) is 0 Å². The van der Waals surface area contributed by atoms with Crippen LogP contribution >= 0.6 is 0 Å². The Bertz CT molecular complexity index is 306.